The van der Waals surface area contributed by atoms with Crippen molar-refractivity contribution in [2.24, 2.45) is 7.05 Å². The molecule has 1 N–H and O–H groups in total. The number of nitrogens with one attached hydrogen (secondary N) is 1. The van der Waals surface area contributed by atoms with E-state index in [1.54, 1.807) is 36.5 Å². The molecule has 5 heterocycles. The highest BCUT2D eigenvalue weighted by Gasteiger charge is 2.36. The van der Waals surface area contributed by atoms with Crippen molar-refractivity contribution in [3.63, 3.8) is 0 Å². The standard InChI is InChI=1S/C25H20BrN7O2/c1-31-23-17(4-2-7-28-23)22(30-31)21-20(24(34)29-25(21)35)18-13-33(10-3-9-32-11-8-27-14-32)19-12-15(26)5-6-16(18)19/h2,4-8,11-14H,3,9-10H2,1H3,(H,29,34,35). The van der Waals surface area contributed by atoms with Crippen LogP contribution >= 0.6 is 15.9 Å². The fourth-order valence-corrected chi connectivity index (χ4v) is 5.05. The van der Waals surface area contributed by atoms with Gasteiger partial charge < -0.3 is 9.13 Å². The molecule has 0 aliphatic carbocycles. The largest absolute Gasteiger partial charge is 0.347 e. The van der Waals surface area contributed by atoms with Crippen LogP contribution in [0.25, 0.3) is 33.1 Å². The number of carbonyl (C=O) groups is 2. The summed E-state index contributed by atoms with van der Waals surface area (Å²) in [5.74, 6) is -0.875. The summed E-state index contributed by atoms with van der Waals surface area (Å²) >= 11 is 3.57. The van der Waals surface area contributed by atoms with Crippen LogP contribution in [-0.4, -0.2) is 40.7 Å². The number of hydrogen-bond donors (Lipinski definition) is 1. The zero-order valence-corrected chi connectivity index (χ0v) is 20.4. The third kappa shape index (κ3) is 3.57. The normalized spacial score (nSPS) is 14.0. The van der Waals surface area contributed by atoms with Gasteiger partial charge in [0.05, 0.1) is 17.5 Å². The van der Waals surface area contributed by atoms with E-state index in [0.717, 1.165) is 40.3 Å². The molecule has 1 aliphatic heterocycles. The Morgan fingerprint density at radius 3 is 2.71 bits per heavy atom. The van der Waals surface area contributed by atoms with Crippen molar-refractivity contribution in [1.82, 2.24) is 34.2 Å². The summed E-state index contributed by atoms with van der Waals surface area (Å²) in [6, 6.07) is 9.61. The number of imidazole rings is 1. The lowest BCUT2D eigenvalue weighted by Crippen LogP contribution is -2.22. The van der Waals surface area contributed by atoms with E-state index >= 15 is 0 Å². The Morgan fingerprint density at radius 2 is 1.89 bits per heavy atom. The average Bonchev–Trinajstić information content (AvgIpc) is 3.61. The second-order valence-electron chi connectivity index (χ2n) is 8.43. The Labute approximate surface area is 208 Å². The first-order chi connectivity index (χ1) is 17.0. The van der Waals surface area contributed by atoms with Crippen LogP contribution < -0.4 is 5.32 Å². The number of hydrogen-bond acceptors (Lipinski definition) is 5. The zero-order chi connectivity index (χ0) is 24.1. The molecule has 0 saturated heterocycles. The van der Waals surface area contributed by atoms with Crippen molar-refractivity contribution in [3.05, 3.63) is 77.2 Å². The highest BCUT2D eigenvalue weighted by atomic mass is 79.9. The molecule has 0 radical (unpaired) electrons. The molecule has 2 amide bonds. The average molecular weight is 530 g/mol. The molecule has 9 nitrogen and oxygen atoms in total. The Morgan fingerprint density at radius 1 is 1.03 bits per heavy atom. The van der Waals surface area contributed by atoms with E-state index in [9.17, 15) is 9.59 Å². The maximum absolute atomic E-state index is 13.1. The molecule has 1 aromatic carbocycles. The number of nitrogens with zero attached hydrogens (tertiary/aromatic N) is 6. The monoisotopic (exact) mass is 529 g/mol. The van der Waals surface area contributed by atoms with Gasteiger partial charge in [0.1, 0.15) is 5.69 Å². The van der Waals surface area contributed by atoms with Gasteiger partial charge in [-0.3, -0.25) is 14.9 Å². The van der Waals surface area contributed by atoms with Crippen molar-refractivity contribution in [3.8, 4) is 0 Å². The number of carbonyl (C=O) groups excluding carboxylic acids is 2. The summed E-state index contributed by atoms with van der Waals surface area (Å²) in [7, 11) is 1.78. The van der Waals surface area contributed by atoms with Gasteiger partial charge in [-0.15, -0.1) is 0 Å². The Balaban J connectivity index is 1.51. The fourth-order valence-electron chi connectivity index (χ4n) is 4.71. The van der Waals surface area contributed by atoms with Gasteiger partial charge in [-0.05, 0) is 30.7 Å². The van der Waals surface area contributed by atoms with Crippen molar-refractivity contribution < 1.29 is 9.59 Å². The van der Waals surface area contributed by atoms with Crippen LogP contribution in [0.15, 0.2) is 65.9 Å². The summed E-state index contributed by atoms with van der Waals surface area (Å²) in [5, 5.41) is 8.67. The lowest BCUT2D eigenvalue weighted by molar-refractivity contribution is -0.122. The number of rotatable bonds is 6. The Kier molecular flexibility index (Phi) is 5.10. The van der Waals surface area contributed by atoms with Crippen LogP contribution in [0.5, 0.6) is 0 Å². The first kappa shape index (κ1) is 21.5. The molecule has 0 bridgehead atoms. The molecular weight excluding hydrogens is 510 g/mol. The van der Waals surface area contributed by atoms with Gasteiger partial charge in [-0.25, -0.2) is 14.6 Å². The van der Waals surface area contributed by atoms with E-state index in [2.05, 4.69) is 40.9 Å². The molecule has 174 valence electrons. The van der Waals surface area contributed by atoms with E-state index < -0.39 is 11.8 Å². The zero-order valence-electron chi connectivity index (χ0n) is 18.8. The van der Waals surface area contributed by atoms with Gasteiger partial charge in [-0.1, -0.05) is 22.0 Å². The highest BCUT2D eigenvalue weighted by molar-refractivity contribution is 9.10. The lowest BCUT2D eigenvalue weighted by atomic mass is 9.98. The number of aromatic nitrogens is 6. The van der Waals surface area contributed by atoms with Gasteiger partial charge >= 0.3 is 0 Å². The van der Waals surface area contributed by atoms with Crippen LogP contribution in [-0.2, 0) is 29.7 Å². The van der Waals surface area contributed by atoms with Crippen molar-refractivity contribution in [1.29, 1.82) is 0 Å². The van der Waals surface area contributed by atoms with E-state index in [1.165, 1.54) is 0 Å². The molecule has 0 atom stereocenters. The van der Waals surface area contributed by atoms with E-state index in [0.29, 0.717) is 22.5 Å². The molecular formula is C25H20BrN7O2. The van der Waals surface area contributed by atoms with Crippen LogP contribution in [0.2, 0.25) is 0 Å². The second-order valence-corrected chi connectivity index (χ2v) is 9.35. The summed E-state index contributed by atoms with van der Waals surface area (Å²) in [5.41, 5.74) is 3.38. The molecule has 0 spiro atoms. The maximum Gasteiger partial charge on any atom is 0.261 e. The van der Waals surface area contributed by atoms with Gasteiger partial charge in [0.25, 0.3) is 11.8 Å². The number of benzene rings is 1. The summed E-state index contributed by atoms with van der Waals surface area (Å²) < 4.78 is 6.73. The third-order valence-corrected chi connectivity index (χ3v) is 6.75. The highest BCUT2D eigenvalue weighted by Crippen LogP contribution is 2.38. The topological polar surface area (TPSA) is 99.6 Å². The molecule has 10 heteroatoms. The smallest absolute Gasteiger partial charge is 0.261 e. The maximum atomic E-state index is 13.1. The van der Waals surface area contributed by atoms with Crippen LogP contribution in [0.4, 0.5) is 0 Å². The Hall–Kier alpha value is -4.05. The number of amides is 2. The van der Waals surface area contributed by atoms with Crippen LogP contribution in [0.3, 0.4) is 0 Å². The number of fused-ring (bicyclic) bond motifs is 2. The molecule has 0 fully saturated rings. The molecule has 0 unspecified atom stereocenters. The molecule has 35 heavy (non-hydrogen) atoms. The summed E-state index contributed by atoms with van der Waals surface area (Å²) in [6.45, 7) is 1.56. The second kappa shape index (κ2) is 8.31. The van der Waals surface area contributed by atoms with E-state index in [1.807, 2.05) is 41.2 Å². The van der Waals surface area contributed by atoms with E-state index in [4.69, 9.17) is 0 Å². The summed E-state index contributed by atoms with van der Waals surface area (Å²) in [6.07, 6.45) is 10.0. The fraction of sp³-hybridized carbons (Fsp3) is 0.160. The molecule has 1 aliphatic rings. The quantitative estimate of drug-likeness (QED) is 0.339. The summed E-state index contributed by atoms with van der Waals surface area (Å²) in [4.78, 5) is 34.6. The van der Waals surface area contributed by atoms with E-state index in [-0.39, 0.29) is 5.57 Å². The minimum absolute atomic E-state index is 0.272. The van der Waals surface area contributed by atoms with Gasteiger partial charge in [-0.2, -0.15) is 5.10 Å². The number of pyridine rings is 1. The minimum Gasteiger partial charge on any atom is -0.347 e. The predicted octanol–water partition coefficient (Wildman–Crippen LogP) is 3.54. The van der Waals surface area contributed by atoms with Crippen LogP contribution in [0, 0.1) is 0 Å². The minimum atomic E-state index is -0.452. The van der Waals surface area contributed by atoms with Gasteiger partial charge in [0.2, 0.25) is 0 Å². The molecule has 0 saturated carbocycles. The number of imide groups is 1. The van der Waals surface area contributed by atoms with Crippen molar-refractivity contribution in [2.75, 3.05) is 0 Å². The molecule has 5 aromatic rings. The van der Waals surface area contributed by atoms with Gasteiger partial charge in [0, 0.05) is 71.2 Å². The predicted molar refractivity (Wildman–Crippen MR) is 135 cm³/mol. The number of aryl methyl sites for hydroxylation is 3. The molecule has 4 aromatic heterocycles. The number of halogens is 1. The van der Waals surface area contributed by atoms with Crippen molar-refractivity contribution in [2.45, 2.75) is 19.5 Å². The Bertz CT molecular complexity index is 1660. The SMILES string of the molecule is Cn1nc(C2=C(c3cn(CCCn4ccnc4)c4cc(Br)ccc34)C(=O)NC2=O)c2cccnc21. The third-order valence-electron chi connectivity index (χ3n) is 6.25. The first-order valence-corrected chi connectivity index (χ1v) is 11.9. The molecule has 6 rings (SSSR count). The van der Waals surface area contributed by atoms with Crippen LogP contribution in [0.1, 0.15) is 17.7 Å². The lowest BCUT2D eigenvalue weighted by Gasteiger charge is -2.06. The van der Waals surface area contributed by atoms with Crippen molar-refractivity contribution >= 4 is 60.8 Å². The first-order valence-electron chi connectivity index (χ1n) is 11.1. The van der Waals surface area contributed by atoms with Gasteiger partial charge in [0.15, 0.2) is 5.65 Å².